The molecule has 1 aliphatic rings. The van der Waals surface area contributed by atoms with Gasteiger partial charge in [0.15, 0.2) is 0 Å². The molecule has 1 nitrogen and oxygen atoms in total. The van der Waals surface area contributed by atoms with Crippen molar-refractivity contribution in [3.8, 4) is 11.1 Å². The van der Waals surface area contributed by atoms with Gasteiger partial charge in [-0.25, -0.2) is 8.78 Å². The fourth-order valence-electron chi connectivity index (χ4n) is 2.58. The van der Waals surface area contributed by atoms with E-state index >= 15 is 0 Å². The van der Waals surface area contributed by atoms with Crippen LogP contribution in [0.2, 0.25) is 0 Å². The van der Waals surface area contributed by atoms with Crippen LogP contribution in [0, 0.1) is 11.6 Å². The first-order valence-corrected chi connectivity index (χ1v) is 6.49. The predicted octanol–water partition coefficient (Wildman–Crippen LogP) is 4.38. The Bertz CT molecular complexity index is 602. The van der Waals surface area contributed by atoms with Crippen molar-refractivity contribution in [2.75, 3.05) is 5.32 Å². The van der Waals surface area contributed by atoms with Gasteiger partial charge in [-0.2, -0.15) is 0 Å². The topological polar surface area (TPSA) is 12.0 Å². The van der Waals surface area contributed by atoms with Crippen LogP contribution in [-0.4, -0.2) is 6.04 Å². The first kappa shape index (κ1) is 12.2. The molecule has 0 saturated heterocycles. The third kappa shape index (κ3) is 2.21. The average Bonchev–Trinajstić information content (AvgIpc) is 2.38. The summed E-state index contributed by atoms with van der Waals surface area (Å²) in [5, 5.41) is 3.38. The Morgan fingerprint density at radius 2 is 1.84 bits per heavy atom. The molecule has 1 atom stereocenters. The number of hydrogen-bond acceptors (Lipinski definition) is 1. The molecule has 98 valence electrons. The van der Waals surface area contributed by atoms with Gasteiger partial charge in [-0.15, -0.1) is 0 Å². The molecule has 1 heterocycles. The highest BCUT2D eigenvalue weighted by molar-refractivity contribution is 5.70. The summed E-state index contributed by atoms with van der Waals surface area (Å²) in [5.74, 6) is -1.03. The van der Waals surface area contributed by atoms with E-state index in [1.165, 1.54) is 18.2 Å². The van der Waals surface area contributed by atoms with Crippen LogP contribution in [0.25, 0.3) is 11.1 Å². The van der Waals surface area contributed by atoms with E-state index in [2.05, 4.69) is 12.2 Å². The molecule has 19 heavy (non-hydrogen) atoms. The lowest BCUT2D eigenvalue weighted by Crippen LogP contribution is -2.21. The van der Waals surface area contributed by atoms with Crippen molar-refractivity contribution in [1.29, 1.82) is 0 Å². The van der Waals surface area contributed by atoms with Crippen LogP contribution in [0.4, 0.5) is 14.5 Å². The van der Waals surface area contributed by atoms with Crippen molar-refractivity contribution in [1.82, 2.24) is 0 Å². The summed E-state index contributed by atoms with van der Waals surface area (Å²) in [6, 6.07) is 9.97. The fourth-order valence-corrected chi connectivity index (χ4v) is 2.58. The Balaban J connectivity index is 2.08. The van der Waals surface area contributed by atoms with Crippen LogP contribution in [0.3, 0.4) is 0 Å². The zero-order valence-electron chi connectivity index (χ0n) is 10.7. The minimum Gasteiger partial charge on any atom is -0.382 e. The Morgan fingerprint density at radius 1 is 1.11 bits per heavy atom. The van der Waals surface area contributed by atoms with Crippen LogP contribution in [0.1, 0.15) is 18.9 Å². The van der Waals surface area contributed by atoms with Gasteiger partial charge in [0, 0.05) is 11.7 Å². The molecule has 0 bridgehead atoms. The highest BCUT2D eigenvalue weighted by Crippen LogP contribution is 2.32. The Labute approximate surface area is 111 Å². The lowest BCUT2D eigenvalue weighted by atomic mass is 9.94. The zero-order chi connectivity index (χ0) is 13.4. The molecule has 0 radical (unpaired) electrons. The van der Waals surface area contributed by atoms with E-state index in [0.717, 1.165) is 24.1 Å². The molecular weight excluding hydrogens is 244 g/mol. The summed E-state index contributed by atoms with van der Waals surface area (Å²) in [5.41, 5.74) is 2.85. The second-order valence-electron chi connectivity index (χ2n) is 5.05. The van der Waals surface area contributed by atoms with Gasteiger partial charge in [0.25, 0.3) is 0 Å². The molecule has 0 spiro atoms. The van der Waals surface area contributed by atoms with Gasteiger partial charge in [0.05, 0.1) is 5.56 Å². The van der Waals surface area contributed by atoms with Gasteiger partial charge in [-0.3, -0.25) is 0 Å². The van der Waals surface area contributed by atoms with Crippen LogP contribution < -0.4 is 5.32 Å². The van der Waals surface area contributed by atoms with Gasteiger partial charge < -0.3 is 5.32 Å². The number of benzene rings is 2. The maximum atomic E-state index is 13.8. The van der Waals surface area contributed by atoms with Gasteiger partial charge in [0.2, 0.25) is 0 Å². The minimum absolute atomic E-state index is 0.0592. The predicted molar refractivity (Wildman–Crippen MR) is 73.2 cm³/mol. The van der Waals surface area contributed by atoms with Gasteiger partial charge in [-0.1, -0.05) is 12.1 Å². The van der Waals surface area contributed by atoms with E-state index in [1.807, 2.05) is 12.1 Å². The Hall–Kier alpha value is -1.90. The maximum absolute atomic E-state index is 13.8. The number of halogens is 2. The van der Waals surface area contributed by atoms with Crippen molar-refractivity contribution in [3.05, 3.63) is 53.6 Å². The quantitative estimate of drug-likeness (QED) is 0.801. The average molecular weight is 259 g/mol. The summed E-state index contributed by atoms with van der Waals surface area (Å²) in [6.07, 6.45) is 1.98. The van der Waals surface area contributed by atoms with E-state index in [4.69, 9.17) is 0 Å². The molecular formula is C16H15F2N. The highest BCUT2D eigenvalue weighted by Gasteiger charge is 2.17. The molecule has 1 unspecified atom stereocenters. The second kappa shape index (κ2) is 4.65. The molecule has 1 aliphatic heterocycles. The van der Waals surface area contributed by atoms with Crippen molar-refractivity contribution in [3.63, 3.8) is 0 Å². The molecule has 3 rings (SSSR count). The van der Waals surface area contributed by atoms with Crippen molar-refractivity contribution >= 4 is 5.69 Å². The van der Waals surface area contributed by atoms with E-state index in [1.54, 1.807) is 6.07 Å². The minimum atomic E-state index is -0.517. The van der Waals surface area contributed by atoms with Crippen LogP contribution >= 0.6 is 0 Å². The fraction of sp³-hybridized carbons (Fsp3) is 0.250. The first-order chi connectivity index (χ1) is 9.15. The van der Waals surface area contributed by atoms with Crippen LogP contribution in [0.5, 0.6) is 0 Å². The molecule has 3 heteroatoms. The number of nitrogens with one attached hydrogen (secondary N) is 1. The lowest BCUT2D eigenvalue weighted by molar-refractivity contribution is 0.589. The molecule has 2 aromatic carbocycles. The lowest BCUT2D eigenvalue weighted by Gasteiger charge is -2.24. The molecule has 0 aliphatic carbocycles. The standard InChI is InChI=1S/C16H15F2N/c1-10-5-6-11-9-12(7-8-15(11)19-10)16-13(17)3-2-4-14(16)18/h2-4,7-10,19H,5-6H2,1H3. The molecule has 0 amide bonds. The molecule has 0 saturated carbocycles. The van der Waals surface area contributed by atoms with Crippen molar-refractivity contribution in [2.24, 2.45) is 0 Å². The smallest absolute Gasteiger partial charge is 0.133 e. The number of hydrogen-bond donors (Lipinski definition) is 1. The maximum Gasteiger partial charge on any atom is 0.133 e. The third-order valence-electron chi connectivity index (χ3n) is 3.61. The number of rotatable bonds is 1. The summed E-state index contributed by atoms with van der Waals surface area (Å²) in [4.78, 5) is 0. The van der Waals surface area contributed by atoms with Gasteiger partial charge >= 0.3 is 0 Å². The second-order valence-corrected chi connectivity index (χ2v) is 5.05. The number of fused-ring (bicyclic) bond motifs is 1. The van der Waals surface area contributed by atoms with Gasteiger partial charge in [-0.05, 0) is 55.2 Å². The van der Waals surface area contributed by atoms with Crippen molar-refractivity contribution in [2.45, 2.75) is 25.8 Å². The van der Waals surface area contributed by atoms with Crippen molar-refractivity contribution < 1.29 is 8.78 Å². The summed E-state index contributed by atoms with van der Waals surface area (Å²) in [6.45, 7) is 2.13. The van der Waals surface area contributed by atoms with E-state index < -0.39 is 11.6 Å². The highest BCUT2D eigenvalue weighted by atomic mass is 19.1. The number of anilines is 1. The molecule has 2 aromatic rings. The van der Waals surface area contributed by atoms with Crippen LogP contribution in [0.15, 0.2) is 36.4 Å². The SMILES string of the molecule is CC1CCc2cc(-c3c(F)cccc3F)ccc2N1. The summed E-state index contributed by atoms with van der Waals surface area (Å²) < 4.78 is 27.5. The van der Waals surface area contributed by atoms with E-state index in [9.17, 15) is 8.78 Å². The normalized spacial score (nSPS) is 17.7. The van der Waals surface area contributed by atoms with Crippen LogP contribution in [-0.2, 0) is 6.42 Å². The third-order valence-corrected chi connectivity index (χ3v) is 3.61. The molecule has 1 N–H and O–H groups in total. The monoisotopic (exact) mass is 259 g/mol. The summed E-state index contributed by atoms with van der Waals surface area (Å²) in [7, 11) is 0. The van der Waals surface area contributed by atoms with E-state index in [0.29, 0.717) is 11.6 Å². The zero-order valence-corrected chi connectivity index (χ0v) is 10.7. The first-order valence-electron chi connectivity index (χ1n) is 6.49. The molecule has 0 aromatic heterocycles. The largest absolute Gasteiger partial charge is 0.382 e. The Kier molecular flexibility index (Phi) is 2.97. The number of aryl methyl sites for hydroxylation is 1. The van der Waals surface area contributed by atoms with Gasteiger partial charge in [0.1, 0.15) is 11.6 Å². The van der Waals surface area contributed by atoms with E-state index in [-0.39, 0.29) is 5.56 Å². The Morgan fingerprint density at radius 3 is 2.58 bits per heavy atom. The molecule has 0 fully saturated rings. The summed E-state index contributed by atoms with van der Waals surface area (Å²) >= 11 is 0.